The number of rotatable bonds is 8. The zero-order valence-corrected chi connectivity index (χ0v) is 19.1. The van der Waals surface area contributed by atoms with Crippen LogP contribution in [0.4, 0.5) is 8.78 Å². The summed E-state index contributed by atoms with van der Waals surface area (Å²) < 4.78 is 38.6. The maximum absolute atomic E-state index is 14.5. The van der Waals surface area contributed by atoms with Crippen LogP contribution in [0.15, 0.2) is 35.1 Å². The number of fused-ring (bicyclic) bond motifs is 1. The summed E-state index contributed by atoms with van der Waals surface area (Å²) in [6.07, 6.45) is 3.22. The summed E-state index contributed by atoms with van der Waals surface area (Å²) in [6, 6.07) is 8.89. The third-order valence-corrected chi connectivity index (χ3v) is 6.16. The number of nitrogens with one attached hydrogen (secondary N) is 2. The largest absolute Gasteiger partial charge is 0.494 e. The summed E-state index contributed by atoms with van der Waals surface area (Å²) in [7, 11) is 1.34. The normalized spacial score (nSPS) is 17.2. The Balaban J connectivity index is 1.47. The number of benzene rings is 2. The average molecular weight is 482 g/mol. The highest BCUT2D eigenvalue weighted by Crippen LogP contribution is 2.33. The Morgan fingerprint density at radius 1 is 1.26 bits per heavy atom. The van der Waals surface area contributed by atoms with E-state index in [2.05, 4.69) is 21.4 Å². The van der Waals surface area contributed by atoms with Crippen molar-refractivity contribution in [2.24, 2.45) is 11.8 Å². The molecule has 0 bridgehead atoms. The van der Waals surface area contributed by atoms with E-state index in [1.807, 2.05) is 0 Å². The molecule has 1 aliphatic carbocycles. The van der Waals surface area contributed by atoms with Gasteiger partial charge in [-0.2, -0.15) is 5.26 Å². The molecule has 2 atom stereocenters. The summed E-state index contributed by atoms with van der Waals surface area (Å²) >= 11 is 0. The second-order valence-electron chi connectivity index (χ2n) is 8.48. The minimum atomic E-state index is -0.705. The summed E-state index contributed by atoms with van der Waals surface area (Å²) in [4.78, 5) is 31.9. The molecule has 1 saturated carbocycles. The first-order valence-corrected chi connectivity index (χ1v) is 11.2. The van der Waals surface area contributed by atoms with Crippen LogP contribution in [-0.2, 0) is 6.54 Å². The van der Waals surface area contributed by atoms with Gasteiger partial charge >= 0.3 is 0 Å². The van der Waals surface area contributed by atoms with Crippen LogP contribution < -0.4 is 20.3 Å². The number of ether oxygens (including phenoxy) is 2. The SMILES string of the molecule is COc1cc(CNC(=O)c2nc3ccc(F)c(OCCC4CCC(C#N)C4)c3c(=O)[nH]2)ccc1F. The van der Waals surface area contributed by atoms with Gasteiger partial charge in [0.25, 0.3) is 11.5 Å². The molecule has 0 radical (unpaired) electrons. The molecule has 3 aromatic rings. The molecule has 2 unspecified atom stereocenters. The Labute approximate surface area is 199 Å². The molecule has 35 heavy (non-hydrogen) atoms. The fraction of sp³-hybridized carbons (Fsp3) is 0.360. The lowest BCUT2D eigenvalue weighted by atomic mass is 10.0. The lowest BCUT2D eigenvalue weighted by Gasteiger charge is -2.13. The number of nitriles is 1. The number of nitrogens with zero attached hydrogens (tertiary/aromatic N) is 2. The van der Waals surface area contributed by atoms with Crippen LogP contribution in [0, 0.1) is 34.8 Å². The summed E-state index contributed by atoms with van der Waals surface area (Å²) in [5.41, 5.74) is -0.00600. The molecule has 0 spiro atoms. The molecule has 182 valence electrons. The molecule has 1 amide bonds. The highest BCUT2D eigenvalue weighted by atomic mass is 19.1. The van der Waals surface area contributed by atoms with E-state index in [-0.39, 0.29) is 47.3 Å². The lowest BCUT2D eigenvalue weighted by Crippen LogP contribution is -2.27. The third kappa shape index (κ3) is 5.40. The van der Waals surface area contributed by atoms with Crippen molar-refractivity contribution >= 4 is 16.8 Å². The molecule has 1 fully saturated rings. The van der Waals surface area contributed by atoms with Crippen LogP contribution in [0.5, 0.6) is 11.5 Å². The van der Waals surface area contributed by atoms with Gasteiger partial charge < -0.3 is 19.8 Å². The molecule has 10 heteroatoms. The smallest absolute Gasteiger partial charge is 0.287 e. The maximum atomic E-state index is 14.5. The van der Waals surface area contributed by atoms with E-state index in [0.29, 0.717) is 17.9 Å². The Hall–Kier alpha value is -4.00. The number of amides is 1. The van der Waals surface area contributed by atoms with Crippen LogP contribution in [0.25, 0.3) is 10.9 Å². The van der Waals surface area contributed by atoms with E-state index in [4.69, 9.17) is 14.7 Å². The predicted octanol–water partition coefficient (Wildman–Crippen LogP) is 3.85. The van der Waals surface area contributed by atoms with E-state index in [1.54, 1.807) is 0 Å². The van der Waals surface area contributed by atoms with Gasteiger partial charge in [-0.15, -0.1) is 0 Å². The van der Waals surface area contributed by atoms with Gasteiger partial charge in [-0.05, 0) is 61.4 Å². The quantitative estimate of drug-likeness (QED) is 0.504. The number of halogens is 2. The summed E-state index contributed by atoms with van der Waals surface area (Å²) in [5.74, 6) is -1.93. The molecule has 1 aromatic heterocycles. The molecule has 4 rings (SSSR count). The fourth-order valence-corrected chi connectivity index (χ4v) is 4.29. The van der Waals surface area contributed by atoms with Gasteiger partial charge in [-0.1, -0.05) is 6.07 Å². The Morgan fingerprint density at radius 3 is 2.80 bits per heavy atom. The first kappa shape index (κ1) is 24.1. The molecule has 1 aliphatic rings. The van der Waals surface area contributed by atoms with Crippen molar-refractivity contribution < 1.29 is 23.0 Å². The number of hydrogen-bond donors (Lipinski definition) is 2. The van der Waals surface area contributed by atoms with Crippen LogP contribution in [0.1, 0.15) is 41.9 Å². The van der Waals surface area contributed by atoms with E-state index < -0.39 is 23.1 Å². The Kier molecular flexibility index (Phi) is 7.25. The molecule has 1 heterocycles. The third-order valence-electron chi connectivity index (χ3n) is 6.16. The Morgan fingerprint density at radius 2 is 2.06 bits per heavy atom. The number of aromatic amines is 1. The topological polar surface area (TPSA) is 117 Å². The number of hydrogen-bond acceptors (Lipinski definition) is 6. The van der Waals surface area contributed by atoms with Gasteiger partial charge in [0.05, 0.1) is 25.3 Å². The zero-order valence-electron chi connectivity index (χ0n) is 19.1. The van der Waals surface area contributed by atoms with Gasteiger partial charge in [-0.25, -0.2) is 13.8 Å². The molecular weight excluding hydrogens is 458 g/mol. The summed E-state index contributed by atoms with van der Waals surface area (Å²) in [5, 5.41) is 11.6. The van der Waals surface area contributed by atoms with Crippen molar-refractivity contribution in [1.29, 1.82) is 5.26 Å². The van der Waals surface area contributed by atoms with Crippen molar-refractivity contribution in [1.82, 2.24) is 15.3 Å². The van der Waals surface area contributed by atoms with Crippen molar-refractivity contribution in [3.05, 3.63) is 63.7 Å². The van der Waals surface area contributed by atoms with Crippen LogP contribution in [-0.4, -0.2) is 29.6 Å². The second kappa shape index (κ2) is 10.5. The van der Waals surface area contributed by atoms with Crippen molar-refractivity contribution in [3.8, 4) is 17.6 Å². The van der Waals surface area contributed by atoms with Gasteiger partial charge in [0.1, 0.15) is 5.39 Å². The number of carbonyl (C=O) groups excluding carboxylic acids is 1. The van der Waals surface area contributed by atoms with Gasteiger partial charge in [0, 0.05) is 12.5 Å². The molecular formula is C25H24F2N4O4. The highest BCUT2D eigenvalue weighted by Gasteiger charge is 2.25. The molecule has 2 aromatic carbocycles. The van der Waals surface area contributed by atoms with E-state index in [9.17, 15) is 18.4 Å². The first-order chi connectivity index (χ1) is 16.9. The number of methoxy groups -OCH3 is 1. The number of aromatic nitrogens is 2. The van der Waals surface area contributed by atoms with Crippen LogP contribution >= 0.6 is 0 Å². The highest BCUT2D eigenvalue weighted by molar-refractivity contribution is 5.93. The van der Waals surface area contributed by atoms with Crippen molar-refractivity contribution in [2.45, 2.75) is 32.2 Å². The van der Waals surface area contributed by atoms with Gasteiger partial charge in [-0.3, -0.25) is 9.59 Å². The molecule has 0 aliphatic heterocycles. The van der Waals surface area contributed by atoms with Gasteiger partial charge in [0.2, 0.25) is 0 Å². The second-order valence-corrected chi connectivity index (χ2v) is 8.48. The Bertz CT molecular complexity index is 1350. The minimum Gasteiger partial charge on any atom is -0.494 e. The molecule has 2 N–H and O–H groups in total. The van der Waals surface area contributed by atoms with Crippen LogP contribution in [0.2, 0.25) is 0 Å². The van der Waals surface area contributed by atoms with Gasteiger partial charge in [0.15, 0.2) is 29.0 Å². The molecule has 0 saturated heterocycles. The maximum Gasteiger partial charge on any atom is 0.287 e. The monoisotopic (exact) mass is 482 g/mol. The predicted molar refractivity (Wildman–Crippen MR) is 123 cm³/mol. The van der Waals surface area contributed by atoms with E-state index in [0.717, 1.165) is 25.3 Å². The summed E-state index contributed by atoms with van der Waals surface area (Å²) in [6.45, 7) is 0.241. The average Bonchev–Trinajstić information content (AvgIpc) is 3.32. The van der Waals surface area contributed by atoms with E-state index in [1.165, 1.54) is 31.4 Å². The number of carbonyl (C=O) groups is 1. The number of H-pyrrole nitrogens is 1. The van der Waals surface area contributed by atoms with Crippen molar-refractivity contribution in [2.75, 3.05) is 13.7 Å². The van der Waals surface area contributed by atoms with E-state index >= 15 is 0 Å². The standard InChI is InChI=1S/C25H24F2N4O4/c1-34-20-11-16(4-5-17(20)26)13-29-25(33)23-30-19-7-6-18(27)22(21(19)24(32)31-23)35-9-8-14-2-3-15(10-14)12-28/h4-7,11,14-15H,2-3,8-10,13H2,1H3,(H,29,33)(H,30,31,32). The first-order valence-electron chi connectivity index (χ1n) is 11.2. The fourth-order valence-electron chi connectivity index (χ4n) is 4.29. The minimum absolute atomic E-state index is 0.0429. The van der Waals surface area contributed by atoms with Crippen molar-refractivity contribution in [3.63, 3.8) is 0 Å². The molecule has 8 nitrogen and oxygen atoms in total. The van der Waals surface area contributed by atoms with Crippen LogP contribution in [0.3, 0.4) is 0 Å². The lowest BCUT2D eigenvalue weighted by molar-refractivity contribution is 0.0940. The zero-order chi connectivity index (χ0) is 24.9.